The van der Waals surface area contributed by atoms with Crippen LogP contribution >= 0.6 is 0 Å². The van der Waals surface area contributed by atoms with E-state index < -0.39 is 0 Å². The zero-order chi connectivity index (χ0) is 21.7. The lowest BCUT2D eigenvalue weighted by Gasteiger charge is -2.30. The lowest BCUT2D eigenvalue weighted by molar-refractivity contribution is -0.118. The highest BCUT2D eigenvalue weighted by molar-refractivity contribution is 5.96. The van der Waals surface area contributed by atoms with Crippen molar-refractivity contribution in [1.29, 1.82) is 0 Å². The van der Waals surface area contributed by atoms with E-state index in [2.05, 4.69) is 33.0 Å². The monoisotopic (exact) mass is 408 g/mol. The first kappa shape index (κ1) is 21.9. The molecule has 2 aromatic rings. The molecular weight excluding hydrogens is 376 g/mol. The minimum Gasteiger partial charge on any atom is -0.483 e. The Morgan fingerprint density at radius 1 is 1.03 bits per heavy atom. The van der Waals surface area contributed by atoms with Crippen molar-refractivity contribution in [3.63, 3.8) is 0 Å². The van der Waals surface area contributed by atoms with Crippen molar-refractivity contribution in [3.05, 3.63) is 59.7 Å². The maximum Gasteiger partial charge on any atom is 0.262 e. The highest BCUT2D eigenvalue weighted by Crippen LogP contribution is 2.30. The zero-order valence-electron chi connectivity index (χ0n) is 18.4. The van der Waals surface area contributed by atoms with Crippen LogP contribution in [0.15, 0.2) is 48.5 Å². The summed E-state index contributed by atoms with van der Waals surface area (Å²) in [5.41, 5.74) is 2.30. The van der Waals surface area contributed by atoms with Gasteiger partial charge in [0, 0.05) is 24.3 Å². The van der Waals surface area contributed by atoms with E-state index in [4.69, 9.17) is 4.74 Å². The summed E-state index contributed by atoms with van der Waals surface area (Å²) in [6.07, 6.45) is 2.11. The molecule has 1 aliphatic rings. The number of hydrogen-bond donors (Lipinski definition) is 1. The quantitative estimate of drug-likeness (QED) is 0.768. The van der Waals surface area contributed by atoms with Gasteiger partial charge in [0.15, 0.2) is 6.61 Å². The molecule has 1 fully saturated rings. The molecule has 3 rings (SSSR count). The molecular formula is C25H32N2O3. The minimum absolute atomic E-state index is 0.0573. The van der Waals surface area contributed by atoms with Crippen molar-refractivity contribution in [1.82, 2.24) is 4.90 Å². The molecule has 0 aromatic heterocycles. The molecule has 0 radical (unpaired) electrons. The number of anilines is 1. The van der Waals surface area contributed by atoms with Gasteiger partial charge in [-0.2, -0.15) is 0 Å². The van der Waals surface area contributed by atoms with Gasteiger partial charge in [-0.25, -0.2) is 0 Å². The molecule has 0 saturated carbocycles. The standard InChI is InChI=1S/C25H32N2O3/c1-18-13-15-27(16-14-18)24(29)19-9-11-20(12-10-19)26-23(28)17-30-22-8-6-5-7-21(22)25(2,3)4/h5-12,18H,13-17H2,1-4H3,(H,26,28). The maximum absolute atomic E-state index is 12.6. The van der Waals surface area contributed by atoms with Crippen LogP contribution in [-0.2, 0) is 10.2 Å². The summed E-state index contributed by atoms with van der Waals surface area (Å²) < 4.78 is 5.77. The molecule has 2 amide bonds. The number of para-hydroxylation sites is 1. The van der Waals surface area contributed by atoms with Crippen LogP contribution in [0, 0.1) is 5.92 Å². The molecule has 1 aliphatic heterocycles. The summed E-state index contributed by atoms with van der Waals surface area (Å²) in [6, 6.07) is 14.8. The third-order valence-electron chi connectivity index (χ3n) is 5.54. The smallest absolute Gasteiger partial charge is 0.262 e. The number of rotatable bonds is 5. The molecule has 0 unspecified atom stereocenters. The summed E-state index contributed by atoms with van der Waals surface area (Å²) in [6.45, 7) is 10.1. The Hall–Kier alpha value is -2.82. The Bertz CT molecular complexity index is 876. The molecule has 1 N–H and O–H groups in total. The Labute approximate surface area is 179 Å². The van der Waals surface area contributed by atoms with Crippen LogP contribution in [0.2, 0.25) is 0 Å². The number of nitrogens with one attached hydrogen (secondary N) is 1. The van der Waals surface area contributed by atoms with Crippen LogP contribution in [0.4, 0.5) is 5.69 Å². The highest BCUT2D eigenvalue weighted by Gasteiger charge is 2.21. The molecule has 160 valence electrons. The zero-order valence-corrected chi connectivity index (χ0v) is 18.4. The Kier molecular flexibility index (Phi) is 6.80. The first-order valence-electron chi connectivity index (χ1n) is 10.7. The van der Waals surface area contributed by atoms with Crippen molar-refractivity contribution < 1.29 is 14.3 Å². The number of carbonyl (C=O) groups excluding carboxylic acids is 2. The van der Waals surface area contributed by atoms with E-state index >= 15 is 0 Å². The van der Waals surface area contributed by atoms with Crippen LogP contribution in [0.3, 0.4) is 0 Å². The van der Waals surface area contributed by atoms with Crippen molar-refractivity contribution in [2.24, 2.45) is 5.92 Å². The van der Waals surface area contributed by atoms with Gasteiger partial charge in [-0.05, 0) is 60.1 Å². The lowest BCUT2D eigenvalue weighted by atomic mass is 9.86. The van der Waals surface area contributed by atoms with Crippen LogP contribution in [-0.4, -0.2) is 36.4 Å². The molecule has 0 atom stereocenters. The van der Waals surface area contributed by atoms with Gasteiger partial charge in [0.1, 0.15) is 5.75 Å². The van der Waals surface area contributed by atoms with Gasteiger partial charge in [-0.1, -0.05) is 45.9 Å². The van der Waals surface area contributed by atoms with Gasteiger partial charge in [0.25, 0.3) is 11.8 Å². The van der Waals surface area contributed by atoms with E-state index in [-0.39, 0.29) is 23.8 Å². The van der Waals surface area contributed by atoms with E-state index in [1.54, 1.807) is 24.3 Å². The van der Waals surface area contributed by atoms with E-state index in [1.807, 2.05) is 29.2 Å². The number of likely N-dealkylation sites (tertiary alicyclic amines) is 1. The van der Waals surface area contributed by atoms with Gasteiger partial charge in [0.2, 0.25) is 0 Å². The molecule has 0 spiro atoms. The average Bonchev–Trinajstić information content (AvgIpc) is 2.72. The third-order valence-corrected chi connectivity index (χ3v) is 5.54. The van der Waals surface area contributed by atoms with Crippen molar-refractivity contribution >= 4 is 17.5 Å². The fourth-order valence-electron chi connectivity index (χ4n) is 3.64. The van der Waals surface area contributed by atoms with Crippen LogP contribution < -0.4 is 10.1 Å². The lowest BCUT2D eigenvalue weighted by Crippen LogP contribution is -2.37. The normalized spacial score (nSPS) is 15.0. The van der Waals surface area contributed by atoms with Crippen molar-refractivity contribution in [2.75, 3.05) is 25.0 Å². The number of benzene rings is 2. The summed E-state index contributed by atoms with van der Waals surface area (Å²) in [4.78, 5) is 26.9. The van der Waals surface area contributed by atoms with Crippen LogP contribution in [0.5, 0.6) is 5.75 Å². The van der Waals surface area contributed by atoms with Crippen molar-refractivity contribution in [3.8, 4) is 5.75 Å². The van der Waals surface area contributed by atoms with Crippen molar-refractivity contribution in [2.45, 2.75) is 46.0 Å². The maximum atomic E-state index is 12.6. The average molecular weight is 409 g/mol. The number of amides is 2. The second-order valence-corrected chi connectivity index (χ2v) is 9.14. The topological polar surface area (TPSA) is 58.6 Å². The van der Waals surface area contributed by atoms with E-state index in [1.165, 1.54) is 0 Å². The fraction of sp³-hybridized carbons (Fsp3) is 0.440. The first-order chi connectivity index (χ1) is 14.2. The summed E-state index contributed by atoms with van der Waals surface area (Å²) in [5, 5.41) is 2.83. The van der Waals surface area contributed by atoms with Gasteiger partial charge >= 0.3 is 0 Å². The molecule has 1 saturated heterocycles. The van der Waals surface area contributed by atoms with Crippen LogP contribution in [0.25, 0.3) is 0 Å². The molecule has 0 bridgehead atoms. The number of ether oxygens (including phenoxy) is 1. The highest BCUT2D eigenvalue weighted by atomic mass is 16.5. The van der Waals surface area contributed by atoms with E-state index in [0.29, 0.717) is 17.2 Å². The van der Waals surface area contributed by atoms with Gasteiger partial charge in [0.05, 0.1) is 0 Å². The van der Waals surface area contributed by atoms with E-state index in [9.17, 15) is 9.59 Å². The molecule has 5 heteroatoms. The first-order valence-corrected chi connectivity index (χ1v) is 10.7. The SMILES string of the molecule is CC1CCN(C(=O)c2ccc(NC(=O)COc3ccccc3C(C)(C)C)cc2)CC1. The Morgan fingerprint density at radius 3 is 2.30 bits per heavy atom. The Morgan fingerprint density at radius 2 is 1.67 bits per heavy atom. The molecule has 2 aromatic carbocycles. The summed E-state index contributed by atoms with van der Waals surface area (Å²) >= 11 is 0. The number of hydrogen-bond acceptors (Lipinski definition) is 3. The largest absolute Gasteiger partial charge is 0.483 e. The number of piperidine rings is 1. The predicted molar refractivity (Wildman–Crippen MR) is 120 cm³/mol. The van der Waals surface area contributed by atoms with E-state index in [0.717, 1.165) is 37.2 Å². The molecule has 0 aliphatic carbocycles. The molecule has 1 heterocycles. The Balaban J connectivity index is 1.55. The second-order valence-electron chi connectivity index (χ2n) is 9.14. The molecule has 5 nitrogen and oxygen atoms in total. The number of carbonyl (C=O) groups is 2. The minimum atomic E-state index is -0.234. The molecule has 30 heavy (non-hydrogen) atoms. The van der Waals surface area contributed by atoms with Gasteiger partial charge < -0.3 is 15.0 Å². The second kappa shape index (κ2) is 9.33. The summed E-state index contributed by atoms with van der Waals surface area (Å²) in [7, 11) is 0. The third kappa shape index (κ3) is 5.62. The van der Waals surface area contributed by atoms with Gasteiger partial charge in [-0.15, -0.1) is 0 Å². The van der Waals surface area contributed by atoms with Gasteiger partial charge in [-0.3, -0.25) is 9.59 Å². The predicted octanol–water partition coefficient (Wildman–Crippen LogP) is 4.87. The fourth-order valence-corrected chi connectivity index (χ4v) is 3.64. The summed E-state index contributed by atoms with van der Waals surface area (Å²) in [5.74, 6) is 1.23. The van der Waals surface area contributed by atoms with Crippen LogP contribution in [0.1, 0.15) is 56.5 Å². The number of nitrogens with zero attached hydrogens (tertiary/aromatic N) is 1.